The smallest absolute Gasteiger partial charge is 0.406 e. The molecule has 17 heavy (non-hydrogen) atoms. The molecule has 2 unspecified atom stereocenters. The zero-order valence-electron chi connectivity index (χ0n) is 9.12. The molecule has 5 nitrogen and oxygen atoms in total. The molecule has 3 N–H and O–H groups in total. The molecule has 98 valence electrons. The Kier molecular flexibility index (Phi) is 3.37. The van der Waals surface area contributed by atoms with E-state index in [2.05, 4.69) is 0 Å². The van der Waals surface area contributed by atoms with Crippen LogP contribution in [0.15, 0.2) is 0 Å². The van der Waals surface area contributed by atoms with Gasteiger partial charge in [0, 0.05) is 13.1 Å². The van der Waals surface area contributed by atoms with Crippen molar-refractivity contribution in [3.8, 4) is 0 Å². The van der Waals surface area contributed by atoms with E-state index < -0.39 is 42.5 Å². The van der Waals surface area contributed by atoms with Crippen molar-refractivity contribution in [1.29, 1.82) is 0 Å². The van der Waals surface area contributed by atoms with Gasteiger partial charge < -0.3 is 15.7 Å². The highest BCUT2D eigenvalue weighted by atomic mass is 19.4. The summed E-state index contributed by atoms with van der Waals surface area (Å²) in [6.07, 6.45) is -5.52. The van der Waals surface area contributed by atoms with Crippen molar-refractivity contribution in [3.63, 3.8) is 0 Å². The van der Waals surface area contributed by atoms with Crippen LogP contribution in [0.25, 0.3) is 0 Å². The first kappa shape index (κ1) is 13.8. The van der Waals surface area contributed by atoms with Gasteiger partial charge in [-0.1, -0.05) is 0 Å². The lowest BCUT2D eigenvalue weighted by Gasteiger charge is -2.27. The topological polar surface area (TPSA) is 83.6 Å². The average molecular weight is 254 g/mol. The molecule has 8 heteroatoms. The Morgan fingerprint density at radius 1 is 1.47 bits per heavy atom. The van der Waals surface area contributed by atoms with Crippen molar-refractivity contribution in [3.05, 3.63) is 0 Å². The fourth-order valence-corrected chi connectivity index (χ4v) is 1.81. The average Bonchev–Trinajstić information content (AvgIpc) is 2.60. The Hall–Kier alpha value is -1.31. The van der Waals surface area contributed by atoms with E-state index in [-0.39, 0.29) is 6.54 Å². The minimum atomic E-state index is -4.88. The number of alkyl halides is 3. The van der Waals surface area contributed by atoms with Gasteiger partial charge in [0.1, 0.15) is 0 Å². The number of amides is 1. The van der Waals surface area contributed by atoms with Crippen molar-refractivity contribution < 1.29 is 27.9 Å². The van der Waals surface area contributed by atoms with E-state index in [0.29, 0.717) is 0 Å². The van der Waals surface area contributed by atoms with Gasteiger partial charge in [0.2, 0.25) is 5.91 Å². The SMILES string of the molecule is CC(N)C(=O)N1CCC(C(=O)O)(C(F)(F)F)C1. The van der Waals surface area contributed by atoms with E-state index >= 15 is 0 Å². The van der Waals surface area contributed by atoms with E-state index in [1.807, 2.05) is 0 Å². The molecule has 0 aromatic rings. The second-order valence-corrected chi connectivity index (χ2v) is 4.18. The molecule has 1 saturated heterocycles. The third kappa shape index (κ3) is 2.21. The molecule has 0 aromatic heterocycles. The summed E-state index contributed by atoms with van der Waals surface area (Å²) in [7, 11) is 0. The fourth-order valence-electron chi connectivity index (χ4n) is 1.81. The molecule has 0 saturated carbocycles. The van der Waals surface area contributed by atoms with Crippen LogP contribution in [-0.4, -0.2) is 47.2 Å². The maximum absolute atomic E-state index is 12.8. The van der Waals surface area contributed by atoms with Gasteiger partial charge in [-0.25, -0.2) is 0 Å². The van der Waals surface area contributed by atoms with E-state index in [0.717, 1.165) is 4.90 Å². The van der Waals surface area contributed by atoms with Gasteiger partial charge >= 0.3 is 12.1 Å². The molecule has 0 aliphatic carbocycles. The highest BCUT2D eigenvalue weighted by Crippen LogP contribution is 2.45. The number of likely N-dealkylation sites (tertiary alicyclic amines) is 1. The van der Waals surface area contributed by atoms with Gasteiger partial charge in [-0.2, -0.15) is 13.2 Å². The van der Waals surface area contributed by atoms with Crippen LogP contribution in [0.3, 0.4) is 0 Å². The molecule has 0 radical (unpaired) electrons. The number of halogens is 3. The van der Waals surface area contributed by atoms with Crippen LogP contribution in [-0.2, 0) is 9.59 Å². The van der Waals surface area contributed by atoms with Gasteiger partial charge in [-0.05, 0) is 13.3 Å². The number of rotatable bonds is 2. The van der Waals surface area contributed by atoms with E-state index in [9.17, 15) is 22.8 Å². The summed E-state index contributed by atoms with van der Waals surface area (Å²) in [5, 5.41) is 8.75. The first-order valence-electron chi connectivity index (χ1n) is 4.96. The number of aliphatic carboxylic acids is 1. The van der Waals surface area contributed by atoms with Crippen LogP contribution >= 0.6 is 0 Å². The Bertz CT molecular complexity index is 343. The van der Waals surface area contributed by atoms with E-state index in [4.69, 9.17) is 10.8 Å². The van der Waals surface area contributed by atoms with Crippen molar-refractivity contribution in [2.45, 2.75) is 25.6 Å². The molecule has 0 bridgehead atoms. The monoisotopic (exact) mass is 254 g/mol. The maximum Gasteiger partial charge on any atom is 0.406 e. The molecular weight excluding hydrogens is 241 g/mol. The van der Waals surface area contributed by atoms with Gasteiger partial charge in [-0.15, -0.1) is 0 Å². The second-order valence-electron chi connectivity index (χ2n) is 4.18. The zero-order chi connectivity index (χ0) is 13.4. The van der Waals surface area contributed by atoms with Gasteiger partial charge in [0.05, 0.1) is 6.04 Å². The molecule has 1 rings (SSSR count). The fraction of sp³-hybridized carbons (Fsp3) is 0.778. The summed E-state index contributed by atoms with van der Waals surface area (Å²) in [5.74, 6) is -2.62. The number of carboxylic acid groups (broad SMARTS) is 1. The lowest BCUT2D eigenvalue weighted by molar-refractivity contribution is -0.227. The summed E-state index contributed by atoms with van der Waals surface area (Å²) in [6.45, 7) is 0.231. The normalized spacial score (nSPS) is 27.0. The molecular formula is C9H13F3N2O3. The third-order valence-corrected chi connectivity index (χ3v) is 2.92. The molecule has 1 fully saturated rings. The molecule has 1 heterocycles. The maximum atomic E-state index is 12.8. The largest absolute Gasteiger partial charge is 0.481 e. The third-order valence-electron chi connectivity index (χ3n) is 2.92. The van der Waals surface area contributed by atoms with Crippen molar-refractivity contribution in [2.75, 3.05) is 13.1 Å². The predicted octanol–water partition coefficient (Wildman–Crippen LogP) is 0.199. The molecule has 0 aromatic carbocycles. The zero-order valence-corrected chi connectivity index (χ0v) is 9.12. The molecule has 0 spiro atoms. The number of hydrogen-bond donors (Lipinski definition) is 2. The number of nitrogens with two attached hydrogens (primary N) is 1. The van der Waals surface area contributed by atoms with Crippen LogP contribution in [0.2, 0.25) is 0 Å². The van der Waals surface area contributed by atoms with Crippen LogP contribution in [0, 0.1) is 5.41 Å². The van der Waals surface area contributed by atoms with Crippen LogP contribution < -0.4 is 5.73 Å². The number of carbonyl (C=O) groups is 2. The number of carboxylic acids is 1. The number of hydrogen-bond acceptors (Lipinski definition) is 3. The van der Waals surface area contributed by atoms with Crippen LogP contribution in [0.4, 0.5) is 13.2 Å². The molecule has 1 aliphatic heterocycles. The highest BCUT2D eigenvalue weighted by Gasteiger charge is 2.64. The summed E-state index contributed by atoms with van der Waals surface area (Å²) in [6, 6.07) is -0.937. The Labute approximate surface area is 95.4 Å². The standard InChI is InChI=1S/C9H13F3N2O3/c1-5(13)6(15)14-3-2-8(4-14,7(16)17)9(10,11)12/h5H,2-4,13H2,1H3,(H,16,17). The van der Waals surface area contributed by atoms with Gasteiger partial charge in [0.15, 0.2) is 5.41 Å². The number of carbonyl (C=O) groups excluding carboxylic acids is 1. The van der Waals surface area contributed by atoms with E-state index in [1.165, 1.54) is 6.92 Å². The van der Waals surface area contributed by atoms with Gasteiger partial charge in [-0.3, -0.25) is 9.59 Å². The Morgan fingerprint density at radius 3 is 2.29 bits per heavy atom. The minimum absolute atomic E-state index is 0.244. The lowest BCUT2D eigenvalue weighted by Crippen LogP contribution is -2.49. The van der Waals surface area contributed by atoms with Crippen molar-refractivity contribution in [2.24, 2.45) is 11.1 Å². The Morgan fingerprint density at radius 2 is 2.00 bits per heavy atom. The highest BCUT2D eigenvalue weighted by molar-refractivity contribution is 5.84. The van der Waals surface area contributed by atoms with Crippen LogP contribution in [0.5, 0.6) is 0 Å². The predicted molar refractivity (Wildman–Crippen MR) is 51.0 cm³/mol. The first-order chi connectivity index (χ1) is 7.62. The quantitative estimate of drug-likeness (QED) is 0.737. The lowest BCUT2D eigenvalue weighted by atomic mass is 9.86. The molecule has 1 amide bonds. The van der Waals surface area contributed by atoms with Crippen molar-refractivity contribution >= 4 is 11.9 Å². The summed E-state index contributed by atoms with van der Waals surface area (Å²) < 4.78 is 38.3. The molecule has 2 atom stereocenters. The summed E-state index contributed by atoms with van der Waals surface area (Å²) in [5.41, 5.74) is 2.41. The van der Waals surface area contributed by atoms with E-state index in [1.54, 1.807) is 0 Å². The van der Waals surface area contributed by atoms with Gasteiger partial charge in [0.25, 0.3) is 0 Å². The summed E-state index contributed by atoms with van der Waals surface area (Å²) in [4.78, 5) is 23.1. The minimum Gasteiger partial charge on any atom is -0.481 e. The second kappa shape index (κ2) is 4.17. The van der Waals surface area contributed by atoms with Crippen molar-refractivity contribution in [1.82, 2.24) is 4.90 Å². The Balaban J connectivity index is 2.95. The van der Waals surface area contributed by atoms with Crippen LogP contribution in [0.1, 0.15) is 13.3 Å². The first-order valence-corrected chi connectivity index (χ1v) is 4.96. The summed E-state index contributed by atoms with van der Waals surface area (Å²) >= 11 is 0. The number of nitrogens with zero attached hydrogens (tertiary/aromatic N) is 1. The molecule has 1 aliphatic rings.